The van der Waals surface area contributed by atoms with E-state index >= 15 is 0 Å². The number of nitrogens with zero attached hydrogens (tertiary/aromatic N) is 3. The van der Waals surface area contributed by atoms with Crippen LogP contribution in [-0.4, -0.2) is 21.9 Å². The fraction of sp³-hybridized carbons (Fsp3) is 0.273. The van der Waals surface area contributed by atoms with E-state index < -0.39 is 0 Å². The molecular formula is C11H12FN3O. The number of rotatable bonds is 3. The first kappa shape index (κ1) is 10.8. The molecule has 16 heavy (non-hydrogen) atoms. The van der Waals surface area contributed by atoms with Gasteiger partial charge in [-0.3, -0.25) is 0 Å². The Morgan fingerprint density at radius 2 is 2.25 bits per heavy atom. The minimum Gasteiger partial charge on any atom is -0.380 e. The predicted octanol–water partition coefficient (Wildman–Crippen LogP) is 1.86. The molecule has 84 valence electrons. The van der Waals surface area contributed by atoms with Gasteiger partial charge in [0.1, 0.15) is 23.7 Å². The maximum Gasteiger partial charge on any atom is 0.149 e. The first-order valence-corrected chi connectivity index (χ1v) is 4.87. The van der Waals surface area contributed by atoms with Crippen LogP contribution in [0.2, 0.25) is 0 Å². The zero-order chi connectivity index (χ0) is 11.5. The fourth-order valence-corrected chi connectivity index (χ4v) is 1.59. The Labute approximate surface area is 92.7 Å². The molecule has 0 aliphatic rings. The van der Waals surface area contributed by atoms with Crippen molar-refractivity contribution in [1.29, 1.82) is 0 Å². The minimum absolute atomic E-state index is 0.330. The van der Waals surface area contributed by atoms with E-state index in [9.17, 15) is 4.39 Å². The van der Waals surface area contributed by atoms with Crippen molar-refractivity contribution in [2.24, 2.45) is 0 Å². The summed E-state index contributed by atoms with van der Waals surface area (Å²) in [5, 5.41) is 4.00. The van der Waals surface area contributed by atoms with Gasteiger partial charge < -0.3 is 4.74 Å². The third-order valence-electron chi connectivity index (χ3n) is 2.30. The van der Waals surface area contributed by atoms with Crippen LogP contribution in [0.5, 0.6) is 0 Å². The highest BCUT2D eigenvalue weighted by molar-refractivity contribution is 5.41. The van der Waals surface area contributed by atoms with Gasteiger partial charge in [0, 0.05) is 12.7 Å². The molecule has 0 saturated heterocycles. The van der Waals surface area contributed by atoms with Gasteiger partial charge in [0.2, 0.25) is 0 Å². The third-order valence-corrected chi connectivity index (χ3v) is 2.30. The van der Waals surface area contributed by atoms with Gasteiger partial charge in [-0.15, -0.1) is 0 Å². The van der Waals surface area contributed by atoms with Crippen molar-refractivity contribution in [2.75, 3.05) is 7.11 Å². The van der Waals surface area contributed by atoms with Crippen molar-refractivity contribution in [3.63, 3.8) is 0 Å². The van der Waals surface area contributed by atoms with E-state index in [1.165, 1.54) is 17.1 Å². The molecule has 0 aliphatic heterocycles. The molecule has 5 heteroatoms. The summed E-state index contributed by atoms with van der Waals surface area (Å²) in [5.74, 6) is 0.311. The second-order valence-electron chi connectivity index (χ2n) is 3.40. The first-order chi connectivity index (χ1) is 7.74. The Morgan fingerprint density at radius 3 is 2.88 bits per heavy atom. The van der Waals surface area contributed by atoms with Gasteiger partial charge in [-0.2, -0.15) is 5.10 Å². The number of methoxy groups -OCH3 is 1. The highest BCUT2D eigenvalue weighted by Crippen LogP contribution is 2.19. The van der Waals surface area contributed by atoms with E-state index in [4.69, 9.17) is 4.74 Å². The molecule has 1 aromatic heterocycles. The predicted molar refractivity (Wildman–Crippen MR) is 56.8 cm³/mol. The first-order valence-electron chi connectivity index (χ1n) is 4.87. The molecule has 0 atom stereocenters. The molecule has 1 heterocycles. The summed E-state index contributed by atoms with van der Waals surface area (Å²) in [6.07, 6.45) is 1.40. The number of hydrogen-bond donors (Lipinski definition) is 0. The van der Waals surface area contributed by atoms with Crippen LogP contribution in [-0.2, 0) is 11.3 Å². The van der Waals surface area contributed by atoms with Crippen LogP contribution in [0.15, 0.2) is 24.5 Å². The molecule has 0 bridgehead atoms. The van der Waals surface area contributed by atoms with Crippen molar-refractivity contribution in [3.8, 4) is 5.69 Å². The van der Waals surface area contributed by atoms with Gasteiger partial charge in [0.05, 0.1) is 6.61 Å². The fourth-order valence-electron chi connectivity index (χ4n) is 1.59. The summed E-state index contributed by atoms with van der Waals surface area (Å²) in [6, 6.07) is 4.86. The molecule has 0 spiro atoms. The van der Waals surface area contributed by atoms with Gasteiger partial charge in [-0.1, -0.05) is 12.1 Å². The van der Waals surface area contributed by atoms with E-state index in [2.05, 4.69) is 10.1 Å². The number of aromatic nitrogens is 3. The Balaban J connectivity index is 2.58. The lowest BCUT2D eigenvalue weighted by atomic mass is 10.2. The summed E-state index contributed by atoms with van der Waals surface area (Å²) in [7, 11) is 1.57. The van der Waals surface area contributed by atoms with Gasteiger partial charge >= 0.3 is 0 Å². The van der Waals surface area contributed by atoms with E-state index in [-0.39, 0.29) is 5.82 Å². The number of aryl methyl sites for hydroxylation is 1. The van der Waals surface area contributed by atoms with E-state index in [1.54, 1.807) is 20.1 Å². The highest BCUT2D eigenvalue weighted by atomic mass is 19.1. The van der Waals surface area contributed by atoms with Gasteiger partial charge in [-0.05, 0) is 13.0 Å². The Hall–Kier alpha value is -1.75. The quantitative estimate of drug-likeness (QED) is 0.794. The monoisotopic (exact) mass is 221 g/mol. The normalized spacial score (nSPS) is 10.7. The summed E-state index contributed by atoms with van der Waals surface area (Å²) in [6.45, 7) is 2.11. The van der Waals surface area contributed by atoms with Crippen molar-refractivity contribution in [1.82, 2.24) is 14.8 Å². The molecule has 0 unspecified atom stereocenters. The van der Waals surface area contributed by atoms with E-state index in [0.29, 0.717) is 18.1 Å². The Kier molecular flexibility index (Phi) is 2.96. The topological polar surface area (TPSA) is 39.9 Å². The van der Waals surface area contributed by atoms with Crippen LogP contribution in [0.3, 0.4) is 0 Å². The SMILES string of the molecule is COCc1cccc(F)c1-n1ncnc1C. The summed E-state index contributed by atoms with van der Waals surface area (Å²) >= 11 is 0. The van der Waals surface area contributed by atoms with Crippen molar-refractivity contribution < 1.29 is 9.13 Å². The van der Waals surface area contributed by atoms with Crippen LogP contribution >= 0.6 is 0 Å². The molecule has 2 aromatic rings. The summed E-state index contributed by atoms with van der Waals surface area (Å²) < 4.78 is 20.3. The van der Waals surface area contributed by atoms with Gasteiger partial charge in [0.25, 0.3) is 0 Å². The van der Waals surface area contributed by atoms with Crippen molar-refractivity contribution in [3.05, 3.63) is 41.7 Å². The summed E-state index contributed by atoms with van der Waals surface area (Å²) in [4.78, 5) is 3.98. The van der Waals surface area contributed by atoms with Crippen LogP contribution in [0.25, 0.3) is 5.69 Å². The zero-order valence-electron chi connectivity index (χ0n) is 9.14. The van der Waals surface area contributed by atoms with E-state index in [1.807, 2.05) is 6.07 Å². The van der Waals surface area contributed by atoms with Crippen LogP contribution < -0.4 is 0 Å². The molecule has 2 rings (SSSR count). The Bertz CT molecular complexity index is 496. The number of para-hydroxylation sites is 1. The second kappa shape index (κ2) is 4.40. The lowest BCUT2D eigenvalue weighted by molar-refractivity contribution is 0.184. The largest absolute Gasteiger partial charge is 0.380 e. The van der Waals surface area contributed by atoms with Crippen molar-refractivity contribution in [2.45, 2.75) is 13.5 Å². The third kappa shape index (κ3) is 1.81. The van der Waals surface area contributed by atoms with E-state index in [0.717, 1.165) is 5.56 Å². The molecule has 0 saturated carbocycles. The lowest BCUT2D eigenvalue weighted by Gasteiger charge is -2.10. The zero-order valence-corrected chi connectivity index (χ0v) is 9.14. The molecule has 0 amide bonds. The smallest absolute Gasteiger partial charge is 0.149 e. The van der Waals surface area contributed by atoms with Crippen LogP contribution in [0, 0.1) is 12.7 Å². The number of ether oxygens (including phenoxy) is 1. The van der Waals surface area contributed by atoms with Crippen LogP contribution in [0.1, 0.15) is 11.4 Å². The molecule has 0 aliphatic carbocycles. The van der Waals surface area contributed by atoms with Crippen molar-refractivity contribution >= 4 is 0 Å². The maximum atomic E-state index is 13.8. The molecule has 4 nitrogen and oxygen atoms in total. The molecular weight excluding hydrogens is 209 g/mol. The van der Waals surface area contributed by atoms with Crippen LogP contribution in [0.4, 0.5) is 4.39 Å². The molecule has 1 aromatic carbocycles. The number of halogens is 1. The maximum absolute atomic E-state index is 13.8. The Morgan fingerprint density at radius 1 is 1.44 bits per heavy atom. The molecule has 0 fully saturated rings. The second-order valence-corrected chi connectivity index (χ2v) is 3.40. The van der Waals surface area contributed by atoms with Gasteiger partial charge in [-0.25, -0.2) is 14.1 Å². The minimum atomic E-state index is -0.330. The average molecular weight is 221 g/mol. The lowest BCUT2D eigenvalue weighted by Crippen LogP contribution is -2.07. The standard InChI is InChI=1S/C11H12FN3O/c1-8-13-7-14-15(8)11-9(6-16-2)4-3-5-10(11)12/h3-5,7H,6H2,1-2H3. The molecule has 0 radical (unpaired) electrons. The summed E-state index contributed by atoms with van der Waals surface area (Å²) in [5.41, 5.74) is 1.15. The highest BCUT2D eigenvalue weighted by Gasteiger charge is 2.13. The average Bonchev–Trinajstić information content (AvgIpc) is 2.65. The molecule has 0 N–H and O–H groups in total. The number of hydrogen-bond acceptors (Lipinski definition) is 3. The number of benzene rings is 1. The van der Waals surface area contributed by atoms with Gasteiger partial charge in [0.15, 0.2) is 0 Å².